The average Bonchev–Trinajstić information content (AvgIpc) is 3.18. The minimum atomic E-state index is -3.13. The number of rotatable bonds is 7. The van der Waals surface area contributed by atoms with E-state index in [-0.39, 0.29) is 23.5 Å². The topological polar surface area (TPSA) is 54.5 Å². The molecule has 0 spiro atoms. The second-order valence-corrected chi connectivity index (χ2v) is 11.4. The average molecular weight is 462 g/mol. The third-order valence-electron chi connectivity index (χ3n) is 6.44. The standard InChI is InChI=1S/C28H31NO3S/c1-21(2)23-15-13-22(14-16-23)19-29(26-17-18-33(31,32)20-26)28(30)27(24-9-5-3-6-10-24)25-11-7-4-8-12-25/h3-16,21,26-27H,17-20H2,1-2H3/t26-/m1/s1. The van der Waals surface area contributed by atoms with Gasteiger partial charge < -0.3 is 4.90 Å². The van der Waals surface area contributed by atoms with E-state index in [1.807, 2.05) is 60.7 Å². The molecule has 1 atom stereocenters. The summed E-state index contributed by atoms with van der Waals surface area (Å²) in [5, 5.41) is 0. The van der Waals surface area contributed by atoms with E-state index < -0.39 is 15.8 Å². The van der Waals surface area contributed by atoms with E-state index >= 15 is 0 Å². The molecule has 3 aromatic rings. The largest absolute Gasteiger partial charge is 0.334 e. The summed E-state index contributed by atoms with van der Waals surface area (Å²) >= 11 is 0. The van der Waals surface area contributed by atoms with E-state index in [1.54, 1.807) is 4.90 Å². The molecule has 1 heterocycles. The van der Waals surface area contributed by atoms with Crippen LogP contribution in [0.5, 0.6) is 0 Å². The van der Waals surface area contributed by atoms with Crippen molar-refractivity contribution in [1.29, 1.82) is 0 Å². The van der Waals surface area contributed by atoms with E-state index in [0.717, 1.165) is 16.7 Å². The third-order valence-corrected chi connectivity index (χ3v) is 8.19. The molecule has 0 unspecified atom stereocenters. The van der Waals surface area contributed by atoms with E-state index in [4.69, 9.17) is 0 Å². The Balaban J connectivity index is 1.72. The summed E-state index contributed by atoms with van der Waals surface area (Å²) in [4.78, 5) is 16.0. The van der Waals surface area contributed by atoms with Gasteiger partial charge in [-0.2, -0.15) is 0 Å². The van der Waals surface area contributed by atoms with Crippen LogP contribution in [0.2, 0.25) is 0 Å². The molecule has 0 radical (unpaired) electrons. The SMILES string of the molecule is CC(C)c1ccc(CN(C(=O)C(c2ccccc2)c2ccccc2)[C@@H]2CCS(=O)(=O)C2)cc1. The Hall–Kier alpha value is -2.92. The first-order valence-electron chi connectivity index (χ1n) is 11.5. The van der Waals surface area contributed by atoms with Crippen LogP contribution in [0.1, 0.15) is 54.4 Å². The van der Waals surface area contributed by atoms with Gasteiger partial charge in [-0.25, -0.2) is 8.42 Å². The number of hydrogen-bond acceptors (Lipinski definition) is 3. The van der Waals surface area contributed by atoms with Crippen LogP contribution in [0.25, 0.3) is 0 Å². The Morgan fingerprint density at radius 3 is 1.85 bits per heavy atom. The fourth-order valence-electron chi connectivity index (χ4n) is 4.55. The highest BCUT2D eigenvalue weighted by Crippen LogP contribution is 2.31. The second-order valence-electron chi connectivity index (χ2n) is 9.17. The monoisotopic (exact) mass is 461 g/mol. The molecule has 1 saturated heterocycles. The lowest BCUT2D eigenvalue weighted by molar-refractivity contribution is -0.134. The Kier molecular flexibility index (Phi) is 6.99. The highest BCUT2D eigenvalue weighted by atomic mass is 32.2. The molecule has 0 aromatic heterocycles. The molecule has 4 nitrogen and oxygen atoms in total. The van der Waals surface area contributed by atoms with Crippen LogP contribution in [0.15, 0.2) is 84.9 Å². The number of benzene rings is 3. The molecule has 0 N–H and O–H groups in total. The van der Waals surface area contributed by atoms with Gasteiger partial charge in [-0.05, 0) is 34.6 Å². The summed E-state index contributed by atoms with van der Waals surface area (Å²) in [7, 11) is -3.13. The first-order chi connectivity index (χ1) is 15.8. The molecule has 5 heteroatoms. The molecule has 172 valence electrons. The Bertz CT molecular complexity index is 1130. The summed E-state index contributed by atoms with van der Waals surface area (Å²) in [5.74, 6) is 0.0548. The van der Waals surface area contributed by atoms with Gasteiger partial charge in [-0.1, -0.05) is 98.8 Å². The van der Waals surface area contributed by atoms with Crippen molar-refractivity contribution >= 4 is 15.7 Å². The van der Waals surface area contributed by atoms with Gasteiger partial charge >= 0.3 is 0 Å². The first-order valence-corrected chi connectivity index (χ1v) is 13.4. The Morgan fingerprint density at radius 1 is 0.848 bits per heavy atom. The van der Waals surface area contributed by atoms with Crippen molar-refractivity contribution in [3.63, 3.8) is 0 Å². The molecular weight excluding hydrogens is 430 g/mol. The van der Waals surface area contributed by atoms with E-state index in [9.17, 15) is 13.2 Å². The van der Waals surface area contributed by atoms with Crippen molar-refractivity contribution in [2.45, 2.75) is 44.7 Å². The van der Waals surface area contributed by atoms with Crippen LogP contribution in [0.3, 0.4) is 0 Å². The minimum absolute atomic E-state index is 0.0269. The number of carbonyl (C=O) groups is 1. The van der Waals surface area contributed by atoms with Gasteiger partial charge in [0.1, 0.15) is 0 Å². The normalized spacial score (nSPS) is 17.4. The number of sulfone groups is 1. The number of hydrogen-bond donors (Lipinski definition) is 0. The van der Waals surface area contributed by atoms with Crippen molar-refractivity contribution in [2.75, 3.05) is 11.5 Å². The molecule has 33 heavy (non-hydrogen) atoms. The van der Waals surface area contributed by atoms with E-state index in [2.05, 4.69) is 38.1 Å². The highest BCUT2D eigenvalue weighted by Gasteiger charge is 2.38. The molecule has 1 fully saturated rings. The molecule has 1 amide bonds. The number of amides is 1. The fraction of sp³-hybridized carbons (Fsp3) is 0.321. The van der Waals surface area contributed by atoms with Crippen LogP contribution in [-0.4, -0.2) is 36.8 Å². The lowest BCUT2D eigenvalue weighted by atomic mass is 9.89. The molecule has 0 saturated carbocycles. The molecule has 1 aliphatic heterocycles. The van der Waals surface area contributed by atoms with Gasteiger partial charge in [0, 0.05) is 12.6 Å². The van der Waals surface area contributed by atoms with Crippen molar-refractivity contribution in [3.8, 4) is 0 Å². The zero-order chi connectivity index (χ0) is 23.4. The minimum Gasteiger partial charge on any atom is -0.334 e. The maximum absolute atomic E-state index is 14.2. The molecule has 1 aliphatic rings. The van der Waals surface area contributed by atoms with E-state index in [0.29, 0.717) is 18.9 Å². The summed E-state index contributed by atoms with van der Waals surface area (Å²) in [6, 6.07) is 27.5. The maximum atomic E-state index is 14.2. The van der Waals surface area contributed by atoms with Crippen LogP contribution >= 0.6 is 0 Å². The van der Waals surface area contributed by atoms with Gasteiger partial charge in [-0.15, -0.1) is 0 Å². The van der Waals surface area contributed by atoms with Crippen molar-refractivity contribution < 1.29 is 13.2 Å². The van der Waals surface area contributed by atoms with Gasteiger partial charge in [-0.3, -0.25) is 4.79 Å². The second kappa shape index (κ2) is 9.92. The van der Waals surface area contributed by atoms with Crippen LogP contribution in [-0.2, 0) is 21.2 Å². The molecule has 3 aromatic carbocycles. The first kappa shape index (κ1) is 23.2. The van der Waals surface area contributed by atoms with Crippen LogP contribution in [0.4, 0.5) is 0 Å². The van der Waals surface area contributed by atoms with Crippen molar-refractivity contribution in [1.82, 2.24) is 4.90 Å². The third kappa shape index (κ3) is 5.53. The molecular formula is C28H31NO3S. The maximum Gasteiger partial charge on any atom is 0.235 e. The highest BCUT2D eigenvalue weighted by molar-refractivity contribution is 7.91. The summed E-state index contributed by atoms with van der Waals surface area (Å²) < 4.78 is 24.6. The van der Waals surface area contributed by atoms with Gasteiger partial charge in [0.2, 0.25) is 5.91 Å². The van der Waals surface area contributed by atoms with Gasteiger partial charge in [0.05, 0.1) is 17.4 Å². The fourth-order valence-corrected chi connectivity index (χ4v) is 6.28. The Morgan fingerprint density at radius 2 is 1.39 bits per heavy atom. The zero-order valence-corrected chi connectivity index (χ0v) is 20.0. The summed E-state index contributed by atoms with van der Waals surface area (Å²) in [5.41, 5.74) is 4.08. The molecule has 4 rings (SSSR count). The lowest BCUT2D eigenvalue weighted by Crippen LogP contribution is -2.43. The predicted octanol–water partition coefficient (Wildman–Crippen LogP) is 5.16. The summed E-state index contributed by atoms with van der Waals surface area (Å²) in [6.07, 6.45) is 0.481. The number of carbonyl (C=O) groups excluding carboxylic acids is 1. The smallest absolute Gasteiger partial charge is 0.235 e. The van der Waals surface area contributed by atoms with Crippen molar-refractivity contribution in [2.24, 2.45) is 0 Å². The summed E-state index contributed by atoms with van der Waals surface area (Å²) in [6.45, 7) is 4.70. The number of nitrogens with zero attached hydrogens (tertiary/aromatic N) is 1. The van der Waals surface area contributed by atoms with Crippen molar-refractivity contribution in [3.05, 3.63) is 107 Å². The predicted molar refractivity (Wildman–Crippen MR) is 133 cm³/mol. The lowest BCUT2D eigenvalue weighted by Gasteiger charge is -2.32. The van der Waals surface area contributed by atoms with E-state index in [1.165, 1.54) is 5.56 Å². The molecule has 0 bridgehead atoms. The molecule has 0 aliphatic carbocycles. The van der Waals surface area contributed by atoms with Crippen LogP contribution < -0.4 is 0 Å². The Labute approximate surface area is 197 Å². The van der Waals surface area contributed by atoms with Gasteiger partial charge in [0.15, 0.2) is 9.84 Å². The van der Waals surface area contributed by atoms with Crippen LogP contribution in [0, 0.1) is 0 Å². The quantitative estimate of drug-likeness (QED) is 0.488. The van der Waals surface area contributed by atoms with Gasteiger partial charge in [0.25, 0.3) is 0 Å². The zero-order valence-electron chi connectivity index (χ0n) is 19.2.